The van der Waals surface area contributed by atoms with E-state index in [1.54, 1.807) is 11.8 Å². The summed E-state index contributed by atoms with van der Waals surface area (Å²) in [6.45, 7) is 7.93. The number of hydrogen-bond acceptors (Lipinski definition) is 6. The van der Waals surface area contributed by atoms with E-state index in [1.807, 2.05) is 12.4 Å². The van der Waals surface area contributed by atoms with E-state index in [-0.39, 0.29) is 0 Å². The molecule has 3 rings (SSSR count). The molecular weight excluding hydrogens is 320 g/mol. The van der Waals surface area contributed by atoms with E-state index >= 15 is 0 Å². The summed E-state index contributed by atoms with van der Waals surface area (Å²) in [6.07, 6.45) is 9.56. The standard InChI is InChI=1S/C18H30N4OS/c1-2-10-24-17-19-11-16(12-20-17)13-22-9-5-6-18(23,15-22)14-21-7-3-4-8-21/h11-12,23H,2-10,13-15H2,1H3/t18-/m0/s1. The van der Waals surface area contributed by atoms with Crippen molar-refractivity contribution >= 4 is 11.8 Å². The van der Waals surface area contributed by atoms with Crippen LogP contribution in [0.1, 0.15) is 44.6 Å². The number of nitrogens with zero attached hydrogens (tertiary/aromatic N) is 4. The average Bonchev–Trinajstić information content (AvgIpc) is 3.06. The predicted molar refractivity (Wildman–Crippen MR) is 98.2 cm³/mol. The van der Waals surface area contributed by atoms with Crippen LogP contribution >= 0.6 is 11.8 Å². The number of piperidine rings is 1. The van der Waals surface area contributed by atoms with E-state index in [4.69, 9.17) is 0 Å². The van der Waals surface area contributed by atoms with E-state index in [0.717, 1.165) is 75.0 Å². The molecule has 0 saturated carbocycles. The lowest BCUT2D eigenvalue weighted by atomic mass is 9.92. The van der Waals surface area contributed by atoms with E-state index in [0.29, 0.717) is 0 Å². The smallest absolute Gasteiger partial charge is 0.187 e. The van der Waals surface area contributed by atoms with Gasteiger partial charge in [0, 0.05) is 43.3 Å². The van der Waals surface area contributed by atoms with Crippen molar-refractivity contribution in [2.75, 3.05) is 38.5 Å². The Hall–Kier alpha value is -0.690. The van der Waals surface area contributed by atoms with E-state index in [9.17, 15) is 5.11 Å². The maximum Gasteiger partial charge on any atom is 0.187 e. The van der Waals surface area contributed by atoms with Gasteiger partial charge in [-0.25, -0.2) is 9.97 Å². The monoisotopic (exact) mass is 350 g/mol. The zero-order valence-electron chi connectivity index (χ0n) is 14.8. The molecule has 0 unspecified atom stereocenters. The minimum Gasteiger partial charge on any atom is -0.387 e. The summed E-state index contributed by atoms with van der Waals surface area (Å²) in [5, 5.41) is 11.9. The minimum atomic E-state index is -0.555. The average molecular weight is 351 g/mol. The highest BCUT2D eigenvalue weighted by atomic mass is 32.2. The van der Waals surface area contributed by atoms with E-state index in [2.05, 4.69) is 26.7 Å². The van der Waals surface area contributed by atoms with Gasteiger partial charge in [0.25, 0.3) is 0 Å². The van der Waals surface area contributed by atoms with Crippen molar-refractivity contribution in [1.82, 2.24) is 19.8 Å². The van der Waals surface area contributed by atoms with Gasteiger partial charge in [-0.1, -0.05) is 18.7 Å². The van der Waals surface area contributed by atoms with E-state index < -0.39 is 5.60 Å². The Kier molecular flexibility index (Phi) is 6.49. The van der Waals surface area contributed by atoms with Crippen molar-refractivity contribution < 1.29 is 5.11 Å². The molecule has 24 heavy (non-hydrogen) atoms. The molecule has 1 aromatic heterocycles. The lowest BCUT2D eigenvalue weighted by molar-refractivity contribution is -0.0519. The quantitative estimate of drug-likeness (QED) is 0.602. The van der Waals surface area contributed by atoms with Crippen LogP contribution in [0.4, 0.5) is 0 Å². The predicted octanol–water partition coefficient (Wildman–Crippen LogP) is 2.40. The first-order valence-electron chi connectivity index (χ1n) is 9.28. The number of β-amino-alcohol motifs (C(OH)–C–C–N with tert-alkyl or cyclic N) is 1. The van der Waals surface area contributed by atoms with Gasteiger partial charge in [0.1, 0.15) is 0 Å². The molecule has 3 heterocycles. The van der Waals surface area contributed by atoms with Crippen molar-refractivity contribution in [1.29, 1.82) is 0 Å². The third-order valence-electron chi connectivity index (χ3n) is 4.87. The van der Waals surface area contributed by atoms with Crippen LogP contribution in [0.25, 0.3) is 0 Å². The van der Waals surface area contributed by atoms with Gasteiger partial charge in [-0.3, -0.25) is 4.90 Å². The van der Waals surface area contributed by atoms with Gasteiger partial charge >= 0.3 is 0 Å². The maximum absolute atomic E-state index is 11.0. The number of aromatic nitrogens is 2. The molecule has 1 aromatic rings. The highest BCUT2D eigenvalue weighted by Gasteiger charge is 2.35. The van der Waals surface area contributed by atoms with Gasteiger partial charge < -0.3 is 10.0 Å². The second-order valence-electron chi connectivity index (χ2n) is 7.24. The van der Waals surface area contributed by atoms with Crippen LogP contribution in [-0.4, -0.2) is 69.0 Å². The summed E-state index contributed by atoms with van der Waals surface area (Å²) in [5.41, 5.74) is 0.585. The Bertz CT molecular complexity index is 506. The third-order valence-corrected chi connectivity index (χ3v) is 5.96. The van der Waals surface area contributed by atoms with Gasteiger partial charge in [0.05, 0.1) is 5.60 Å². The van der Waals surface area contributed by atoms with Crippen molar-refractivity contribution in [2.45, 2.75) is 56.3 Å². The van der Waals surface area contributed by atoms with Gasteiger partial charge in [0.2, 0.25) is 0 Å². The largest absolute Gasteiger partial charge is 0.387 e. The van der Waals surface area contributed by atoms with Crippen molar-refractivity contribution in [3.63, 3.8) is 0 Å². The Morgan fingerprint density at radius 3 is 2.54 bits per heavy atom. The van der Waals surface area contributed by atoms with Crippen molar-refractivity contribution in [2.24, 2.45) is 0 Å². The van der Waals surface area contributed by atoms with Gasteiger partial charge in [-0.15, -0.1) is 0 Å². The molecule has 0 aliphatic carbocycles. The molecule has 2 saturated heterocycles. The van der Waals surface area contributed by atoms with Crippen LogP contribution < -0.4 is 0 Å². The van der Waals surface area contributed by atoms with Gasteiger partial charge in [-0.05, 0) is 51.7 Å². The van der Waals surface area contributed by atoms with Gasteiger partial charge in [-0.2, -0.15) is 0 Å². The number of aliphatic hydroxyl groups is 1. The first-order valence-corrected chi connectivity index (χ1v) is 10.3. The Labute approximate surface area is 149 Å². The van der Waals surface area contributed by atoms with Crippen LogP contribution in [0.2, 0.25) is 0 Å². The maximum atomic E-state index is 11.0. The highest BCUT2D eigenvalue weighted by Crippen LogP contribution is 2.25. The van der Waals surface area contributed by atoms with Crippen molar-refractivity contribution in [3.8, 4) is 0 Å². The molecule has 6 heteroatoms. The van der Waals surface area contributed by atoms with E-state index in [1.165, 1.54) is 12.8 Å². The second-order valence-corrected chi connectivity index (χ2v) is 8.31. The Morgan fingerprint density at radius 2 is 1.83 bits per heavy atom. The topological polar surface area (TPSA) is 52.5 Å². The van der Waals surface area contributed by atoms with Crippen LogP contribution in [-0.2, 0) is 6.54 Å². The number of thioether (sulfide) groups is 1. The summed E-state index contributed by atoms with van der Waals surface area (Å²) < 4.78 is 0. The summed E-state index contributed by atoms with van der Waals surface area (Å²) >= 11 is 1.71. The lowest BCUT2D eigenvalue weighted by Gasteiger charge is -2.41. The van der Waals surface area contributed by atoms with Crippen molar-refractivity contribution in [3.05, 3.63) is 18.0 Å². The zero-order valence-corrected chi connectivity index (χ0v) is 15.6. The van der Waals surface area contributed by atoms with Crippen LogP contribution in [0.15, 0.2) is 17.6 Å². The zero-order chi connectivity index (χ0) is 16.8. The third kappa shape index (κ3) is 5.15. The summed E-state index contributed by atoms with van der Waals surface area (Å²) in [6, 6.07) is 0. The number of hydrogen-bond donors (Lipinski definition) is 1. The Balaban J connectivity index is 1.52. The molecule has 0 aromatic carbocycles. The fraction of sp³-hybridized carbons (Fsp3) is 0.778. The summed E-state index contributed by atoms with van der Waals surface area (Å²) in [4.78, 5) is 13.7. The molecule has 0 radical (unpaired) electrons. The number of likely N-dealkylation sites (tertiary alicyclic amines) is 2. The summed E-state index contributed by atoms with van der Waals surface area (Å²) in [7, 11) is 0. The minimum absolute atomic E-state index is 0.555. The normalized spacial score (nSPS) is 26.1. The fourth-order valence-corrected chi connectivity index (χ4v) is 4.42. The SMILES string of the molecule is CCCSc1ncc(CN2CCC[C@](O)(CN3CCCC3)C2)cn1. The molecule has 0 amide bonds. The van der Waals surface area contributed by atoms with Gasteiger partial charge in [0.15, 0.2) is 5.16 Å². The first kappa shape index (κ1) is 18.1. The molecule has 2 fully saturated rings. The highest BCUT2D eigenvalue weighted by molar-refractivity contribution is 7.99. The molecule has 0 spiro atoms. The lowest BCUT2D eigenvalue weighted by Crippen LogP contribution is -2.53. The molecule has 134 valence electrons. The Morgan fingerprint density at radius 1 is 1.12 bits per heavy atom. The second kappa shape index (κ2) is 8.61. The molecule has 0 bridgehead atoms. The van der Waals surface area contributed by atoms with Crippen LogP contribution in [0.5, 0.6) is 0 Å². The molecule has 1 N–H and O–H groups in total. The first-order chi connectivity index (χ1) is 11.7. The van der Waals surface area contributed by atoms with Crippen LogP contribution in [0.3, 0.4) is 0 Å². The molecular formula is C18H30N4OS. The summed E-state index contributed by atoms with van der Waals surface area (Å²) in [5.74, 6) is 1.06. The number of rotatable bonds is 7. The van der Waals surface area contributed by atoms with Crippen LogP contribution in [0, 0.1) is 0 Å². The molecule has 5 nitrogen and oxygen atoms in total. The molecule has 2 aliphatic heterocycles. The molecule has 1 atom stereocenters. The molecule has 2 aliphatic rings. The fourth-order valence-electron chi connectivity index (χ4n) is 3.78.